The average molecular weight is 265 g/mol. The summed E-state index contributed by atoms with van der Waals surface area (Å²) < 4.78 is 6.65. The van der Waals surface area contributed by atoms with Gasteiger partial charge in [-0.2, -0.15) is 9.97 Å². The first-order valence-corrected chi connectivity index (χ1v) is 5.25. The fraction of sp³-hybridized carbons (Fsp3) is 0.333. The molecule has 2 rings (SSSR count). The molecule has 0 amide bonds. The lowest BCUT2D eigenvalue weighted by atomic mass is 10.3. The lowest BCUT2D eigenvalue weighted by Gasteiger charge is -2.05. The number of nitro groups is 1. The second-order valence-electron chi connectivity index (χ2n) is 3.60. The zero-order valence-electron chi connectivity index (χ0n) is 10.5. The molecule has 2 aromatic rings. The smallest absolute Gasteiger partial charge is 0.352 e. The van der Waals surface area contributed by atoms with Gasteiger partial charge >= 0.3 is 17.6 Å². The van der Waals surface area contributed by atoms with Crippen molar-refractivity contribution in [2.75, 3.05) is 12.4 Å². The third-order valence-electron chi connectivity index (χ3n) is 2.20. The van der Waals surface area contributed by atoms with Crippen molar-refractivity contribution in [3.63, 3.8) is 0 Å². The van der Waals surface area contributed by atoms with Crippen LogP contribution in [-0.2, 0) is 7.05 Å². The van der Waals surface area contributed by atoms with E-state index in [9.17, 15) is 10.1 Å². The Labute approximate surface area is 107 Å². The Bertz CT molecular complexity index is 624. The number of anilines is 1. The highest BCUT2D eigenvalue weighted by Crippen LogP contribution is 2.30. The molecule has 2 aromatic heterocycles. The van der Waals surface area contributed by atoms with Crippen LogP contribution in [0.25, 0.3) is 0 Å². The Kier molecular flexibility index (Phi) is 3.23. The van der Waals surface area contributed by atoms with Gasteiger partial charge in [0.15, 0.2) is 0 Å². The van der Waals surface area contributed by atoms with E-state index in [1.54, 1.807) is 14.1 Å². The molecule has 0 aliphatic carbocycles. The summed E-state index contributed by atoms with van der Waals surface area (Å²) >= 11 is 0. The van der Waals surface area contributed by atoms with Crippen LogP contribution in [0.1, 0.15) is 5.69 Å². The summed E-state index contributed by atoms with van der Waals surface area (Å²) in [5.74, 6) is 0.0158. The standard InChI is InChI=1S/C9H11N7O3/c1-5-6(16(17)18)7(13-8(10-2)12-5)19-9-11-4-15(3)14-9/h4H,1-3H3,(H,10,12,13). The van der Waals surface area contributed by atoms with Crippen molar-refractivity contribution >= 4 is 11.6 Å². The number of ether oxygens (including phenoxy) is 1. The van der Waals surface area contributed by atoms with Crippen molar-refractivity contribution in [3.05, 3.63) is 22.1 Å². The molecular weight excluding hydrogens is 254 g/mol. The number of hydrogen-bond donors (Lipinski definition) is 1. The van der Waals surface area contributed by atoms with E-state index in [-0.39, 0.29) is 29.2 Å². The molecule has 0 unspecified atom stereocenters. The maximum Gasteiger partial charge on any atom is 0.352 e. The summed E-state index contributed by atoms with van der Waals surface area (Å²) in [5, 5.41) is 17.6. The topological polar surface area (TPSA) is 121 Å². The van der Waals surface area contributed by atoms with Gasteiger partial charge in [-0.05, 0) is 6.92 Å². The predicted octanol–water partition coefficient (Wildman–Crippen LogP) is 0.656. The molecule has 100 valence electrons. The lowest BCUT2D eigenvalue weighted by Crippen LogP contribution is -2.05. The van der Waals surface area contributed by atoms with Crippen LogP contribution in [0, 0.1) is 17.0 Å². The van der Waals surface area contributed by atoms with Crippen LogP contribution in [0.5, 0.6) is 11.9 Å². The number of aromatic nitrogens is 5. The van der Waals surface area contributed by atoms with Crippen molar-refractivity contribution in [2.24, 2.45) is 7.05 Å². The average Bonchev–Trinajstić information content (AvgIpc) is 2.73. The zero-order valence-corrected chi connectivity index (χ0v) is 10.5. The fourth-order valence-corrected chi connectivity index (χ4v) is 1.39. The second kappa shape index (κ2) is 4.84. The van der Waals surface area contributed by atoms with Crippen LogP contribution in [-0.4, -0.2) is 36.7 Å². The van der Waals surface area contributed by atoms with Gasteiger partial charge in [-0.3, -0.25) is 14.8 Å². The molecule has 2 heterocycles. The van der Waals surface area contributed by atoms with Gasteiger partial charge in [-0.15, -0.1) is 5.10 Å². The maximum atomic E-state index is 11.0. The number of aryl methyl sites for hydroxylation is 2. The van der Waals surface area contributed by atoms with Crippen LogP contribution >= 0.6 is 0 Å². The fourth-order valence-electron chi connectivity index (χ4n) is 1.39. The summed E-state index contributed by atoms with van der Waals surface area (Å²) in [7, 11) is 3.25. The number of nitrogens with zero attached hydrogens (tertiary/aromatic N) is 6. The quantitative estimate of drug-likeness (QED) is 0.631. The van der Waals surface area contributed by atoms with Crippen LogP contribution in [0.3, 0.4) is 0 Å². The van der Waals surface area contributed by atoms with Gasteiger partial charge in [0.25, 0.3) is 0 Å². The molecule has 0 atom stereocenters. The molecule has 19 heavy (non-hydrogen) atoms. The first-order valence-electron chi connectivity index (χ1n) is 5.25. The SMILES string of the molecule is CNc1nc(C)c([N+](=O)[O-])c(Oc2ncn(C)n2)n1. The van der Waals surface area contributed by atoms with Gasteiger partial charge in [0.2, 0.25) is 5.95 Å². The molecular formula is C9H11N7O3. The minimum absolute atomic E-state index is 0.0225. The molecule has 0 saturated carbocycles. The van der Waals surface area contributed by atoms with Gasteiger partial charge in [0.05, 0.1) is 4.92 Å². The molecule has 0 aliphatic heterocycles. The molecule has 0 radical (unpaired) electrons. The molecule has 0 fully saturated rings. The monoisotopic (exact) mass is 265 g/mol. The summed E-state index contributed by atoms with van der Waals surface area (Å²) in [6.45, 7) is 1.50. The number of hydrogen-bond acceptors (Lipinski definition) is 8. The van der Waals surface area contributed by atoms with Crippen LogP contribution in [0.2, 0.25) is 0 Å². The first kappa shape index (κ1) is 12.7. The van der Waals surface area contributed by atoms with Crippen molar-refractivity contribution < 1.29 is 9.66 Å². The van der Waals surface area contributed by atoms with E-state index < -0.39 is 4.92 Å². The highest BCUT2D eigenvalue weighted by molar-refractivity contribution is 5.49. The largest absolute Gasteiger partial charge is 0.397 e. The normalized spacial score (nSPS) is 10.3. The third-order valence-corrected chi connectivity index (χ3v) is 2.20. The summed E-state index contributed by atoms with van der Waals surface area (Å²) in [4.78, 5) is 22.1. The van der Waals surface area contributed by atoms with Crippen molar-refractivity contribution in [1.29, 1.82) is 0 Å². The highest BCUT2D eigenvalue weighted by Gasteiger charge is 2.25. The minimum Gasteiger partial charge on any atom is -0.397 e. The van der Waals surface area contributed by atoms with Crippen molar-refractivity contribution in [2.45, 2.75) is 6.92 Å². The zero-order chi connectivity index (χ0) is 14.0. The molecule has 0 aliphatic rings. The van der Waals surface area contributed by atoms with E-state index in [1.165, 1.54) is 17.9 Å². The van der Waals surface area contributed by atoms with Gasteiger partial charge in [0.1, 0.15) is 12.0 Å². The van der Waals surface area contributed by atoms with E-state index in [2.05, 4.69) is 25.4 Å². The summed E-state index contributed by atoms with van der Waals surface area (Å²) in [5.41, 5.74) is -0.123. The van der Waals surface area contributed by atoms with Gasteiger partial charge in [0, 0.05) is 14.1 Å². The van der Waals surface area contributed by atoms with Crippen LogP contribution in [0.4, 0.5) is 11.6 Å². The number of nitrogens with one attached hydrogen (secondary N) is 1. The van der Waals surface area contributed by atoms with E-state index in [0.717, 1.165) is 0 Å². The highest BCUT2D eigenvalue weighted by atomic mass is 16.6. The Morgan fingerprint density at radius 2 is 2.21 bits per heavy atom. The van der Waals surface area contributed by atoms with E-state index in [1.807, 2.05) is 0 Å². The Hall–Kier alpha value is -2.78. The Balaban J connectivity index is 2.47. The summed E-state index contributed by atoms with van der Waals surface area (Å²) in [6.07, 6.45) is 1.41. The Morgan fingerprint density at radius 3 is 2.74 bits per heavy atom. The van der Waals surface area contributed by atoms with Gasteiger partial charge < -0.3 is 10.1 Å². The molecule has 0 aromatic carbocycles. The first-order chi connectivity index (χ1) is 9.01. The number of rotatable bonds is 4. The van der Waals surface area contributed by atoms with Crippen LogP contribution in [0.15, 0.2) is 6.33 Å². The van der Waals surface area contributed by atoms with Crippen molar-refractivity contribution in [3.8, 4) is 11.9 Å². The Morgan fingerprint density at radius 1 is 1.47 bits per heavy atom. The summed E-state index contributed by atoms with van der Waals surface area (Å²) in [6, 6.07) is -0.0225. The lowest BCUT2D eigenvalue weighted by molar-refractivity contribution is -0.386. The van der Waals surface area contributed by atoms with Gasteiger partial charge in [-0.1, -0.05) is 0 Å². The van der Waals surface area contributed by atoms with Crippen molar-refractivity contribution in [1.82, 2.24) is 24.7 Å². The molecule has 10 heteroatoms. The predicted molar refractivity (Wildman–Crippen MR) is 64.0 cm³/mol. The van der Waals surface area contributed by atoms with Gasteiger partial charge in [-0.25, -0.2) is 4.98 Å². The van der Waals surface area contributed by atoms with E-state index in [0.29, 0.717) is 0 Å². The molecule has 0 bridgehead atoms. The van der Waals surface area contributed by atoms with Crippen LogP contribution < -0.4 is 10.1 Å². The third kappa shape index (κ3) is 2.56. The molecule has 1 N–H and O–H groups in total. The maximum absolute atomic E-state index is 11.0. The molecule has 10 nitrogen and oxygen atoms in total. The minimum atomic E-state index is -0.604. The molecule has 0 spiro atoms. The second-order valence-corrected chi connectivity index (χ2v) is 3.60. The molecule has 0 saturated heterocycles. The van der Waals surface area contributed by atoms with E-state index >= 15 is 0 Å². The van der Waals surface area contributed by atoms with E-state index in [4.69, 9.17) is 4.74 Å².